The lowest BCUT2D eigenvalue weighted by Crippen LogP contribution is -2.29. The quantitative estimate of drug-likeness (QED) is 0.124. The maximum absolute atomic E-state index is 13.2. The van der Waals surface area contributed by atoms with Gasteiger partial charge in [-0.25, -0.2) is 4.39 Å². The number of aliphatic imine (C=N–C) groups is 1. The molecule has 1 heterocycles. The molecule has 0 radical (unpaired) electrons. The molecule has 4 aromatic rings. The van der Waals surface area contributed by atoms with E-state index in [0.29, 0.717) is 29.9 Å². The Morgan fingerprint density at radius 3 is 2.60 bits per heavy atom. The molecule has 40 heavy (non-hydrogen) atoms. The summed E-state index contributed by atoms with van der Waals surface area (Å²) in [5, 5.41) is 3.81. The van der Waals surface area contributed by atoms with Gasteiger partial charge in [-0.2, -0.15) is 0 Å². The Balaban J connectivity index is 1.16. The van der Waals surface area contributed by atoms with Crippen LogP contribution in [-0.4, -0.2) is 13.3 Å². The fourth-order valence-corrected chi connectivity index (χ4v) is 6.43. The second-order valence-electron chi connectivity index (χ2n) is 10.4. The van der Waals surface area contributed by atoms with Crippen LogP contribution in [0, 0.1) is 22.2 Å². The van der Waals surface area contributed by atoms with Gasteiger partial charge in [-0.15, -0.1) is 0 Å². The summed E-state index contributed by atoms with van der Waals surface area (Å²) in [7, 11) is 1.62. The number of anilines is 1. The average molecular weight is 645 g/mol. The van der Waals surface area contributed by atoms with Gasteiger partial charge in [0.05, 0.1) is 22.4 Å². The first kappa shape index (κ1) is 26.6. The number of aryl methyl sites for hydroxylation is 1. The van der Waals surface area contributed by atoms with Crippen molar-refractivity contribution in [3.63, 3.8) is 0 Å². The second kappa shape index (κ2) is 11.5. The molecule has 0 spiro atoms. The molecule has 1 aliphatic carbocycles. The second-order valence-corrected chi connectivity index (χ2v) is 11.5. The third kappa shape index (κ3) is 5.50. The van der Waals surface area contributed by atoms with E-state index in [1.807, 2.05) is 18.3 Å². The Bertz CT molecular complexity index is 1580. The minimum absolute atomic E-state index is 0.263. The number of methoxy groups -OCH3 is 1. The van der Waals surface area contributed by atoms with Crippen LogP contribution < -0.4 is 14.8 Å². The zero-order valence-electron chi connectivity index (χ0n) is 22.4. The van der Waals surface area contributed by atoms with Gasteiger partial charge < -0.3 is 14.8 Å². The topological polar surface area (TPSA) is 42.8 Å². The van der Waals surface area contributed by atoms with Gasteiger partial charge in [0.1, 0.15) is 12.4 Å². The number of benzene rings is 4. The van der Waals surface area contributed by atoms with Gasteiger partial charge in [0.2, 0.25) is 0 Å². The van der Waals surface area contributed by atoms with Gasteiger partial charge in [-0.3, -0.25) is 4.99 Å². The van der Waals surface area contributed by atoms with Crippen molar-refractivity contribution in [2.24, 2.45) is 10.9 Å². The molecular weight excluding hydrogens is 614 g/mol. The number of ether oxygens (including phenoxy) is 2. The zero-order chi connectivity index (χ0) is 27.6. The Hall–Kier alpha value is -3.65. The molecule has 4 aromatic carbocycles. The van der Waals surface area contributed by atoms with Crippen LogP contribution in [0.5, 0.6) is 11.5 Å². The Kier molecular flexibility index (Phi) is 7.61. The lowest BCUT2D eigenvalue weighted by atomic mass is 9.76. The standard InChI is InChI=1S/C34H30FIN2O2/c1-21-6-15-31-29(16-21)27-4-3-5-28(27)33(38-31)24-9-13-26(14-10-24)37-19-23-17-30(36)34(32(18-23)39-2)40-20-22-7-11-25(35)12-8-22/h3-4,6-19,27-28,33,38H,5,20H2,1-2H3/t27-,28+,33+/m1/s1. The summed E-state index contributed by atoms with van der Waals surface area (Å²) < 4.78 is 25.7. The van der Waals surface area contributed by atoms with Crippen LogP contribution in [-0.2, 0) is 6.61 Å². The number of allylic oxidation sites excluding steroid dienone is 2. The molecule has 0 bridgehead atoms. The van der Waals surface area contributed by atoms with Gasteiger partial charge in [0.15, 0.2) is 11.5 Å². The van der Waals surface area contributed by atoms with Crippen LogP contribution in [0.1, 0.15) is 46.2 Å². The largest absolute Gasteiger partial charge is 0.493 e. The normalized spacial score (nSPS) is 19.2. The predicted octanol–water partition coefficient (Wildman–Crippen LogP) is 8.90. The van der Waals surface area contributed by atoms with Crippen molar-refractivity contribution in [1.29, 1.82) is 0 Å². The van der Waals surface area contributed by atoms with E-state index in [4.69, 9.17) is 14.5 Å². The number of nitrogens with zero attached hydrogens (tertiary/aromatic N) is 1. The van der Waals surface area contributed by atoms with Crippen molar-refractivity contribution in [2.75, 3.05) is 12.4 Å². The maximum Gasteiger partial charge on any atom is 0.174 e. The van der Waals surface area contributed by atoms with Gasteiger partial charge >= 0.3 is 0 Å². The molecule has 6 heteroatoms. The highest BCUT2D eigenvalue weighted by atomic mass is 127. The molecule has 0 unspecified atom stereocenters. The predicted molar refractivity (Wildman–Crippen MR) is 168 cm³/mol. The first-order valence-electron chi connectivity index (χ1n) is 13.4. The van der Waals surface area contributed by atoms with Gasteiger partial charge in [-0.1, -0.05) is 54.1 Å². The van der Waals surface area contributed by atoms with Crippen LogP contribution in [0.3, 0.4) is 0 Å². The molecule has 0 amide bonds. The molecule has 6 rings (SSSR count). The zero-order valence-corrected chi connectivity index (χ0v) is 24.6. The van der Waals surface area contributed by atoms with Gasteiger partial charge in [-0.05, 0) is 107 Å². The van der Waals surface area contributed by atoms with Crippen LogP contribution in [0.25, 0.3) is 0 Å². The highest BCUT2D eigenvalue weighted by Crippen LogP contribution is 2.50. The highest BCUT2D eigenvalue weighted by Gasteiger charge is 2.37. The van der Waals surface area contributed by atoms with E-state index in [-0.39, 0.29) is 11.9 Å². The van der Waals surface area contributed by atoms with Crippen molar-refractivity contribution in [1.82, 2.24) is 0 Å². The van der Waals surface area contributed by atoms with E-state index in [9.17, 15) is 4.39 Å². The fourth-order valence-electron chi connectivity index (χ4n) is 5.65. The number of fused-ring (bicyclic) bond motifs is 3. The summed E-state index contributed by atoms with van der Waals surface area (Å²) in [4.78, 5) is 4.73. The van der Waals surface area contributed by atoms with Crippen molar-refractivity contribution in [3.8, 4) is 11.5 Å². The summed E-state index contributed by atoms with van der Waals surface area (Å²) in [6.45, 7) is 2.49. The lowest BCUT2D eigenvalue weighted by molar-refractivity contribution is 0.282. The molecular formula is C34H30FIN2O2. The van der Waals surface area contributed by atoms with Crippen molar-refractivity contribution in [3.05, 3.63) is 128 Å². The Morgan fingerprint density at radius 2 is 1.82 bits per heavy atom. The van der Waals surface area contributed by atoms with Crippen LogP contribution in [0.15, 0.2) is 96.0 Å². The molecule has 3 atom stereocenters. The molecule has 0 aromatic heterocycles. The molecule has 202 valence electrons. The fraction of sp³-hybridized carbons (Fsp3) is 0.206. The highest BCUT2D eigenvalue weighted by molar-refractivity contribution is 14.1. The van der Waals surface area contributed by atoms with E-state index in [1.165, 1.54) is 34.5 Å². The number of hydrogen-bond donors (Lipinski definition) is 1. The first-order chi connectivity index (χ1) is 19.5. The molecule has 1 N–H and O–H groups in total. The molecule has 0 saturated carbocycles. The Labute approximate surface area is 248 Å². The van der Waals surface area contributed by atoms with Crippen LogP contribution >= 0.6 is 22.6 Å². The summed E-state index contributed by atoms with van der Waals surface area (Å²) in [6, 6.07) is 25.8. The van der Waals surface area contributed by atoms with E-state index < -0.39 is 0 Å². The number of halogens is 2. The molecule has 0 fully saturated rings. The van der Waals surface area contributed by atoms with E-state index in [1.54, 1.807) is 19.2 Å². The first-order valence-corrected chi connectivity index (χ1v) is 14.5. The van der Waals surface area contributed by atoms with E-state index >= 15 is 0 Å². The third-order valence-electron chi connectivity index (χ3n) is 7.68. The van der Waals surface area contributed by atoms with Crippen LogP contribution in [0.2, 0.25) is 0 Å². The number of rotatable bonds is 7. The van der Waals surface area contributed by atoms with E-state index in [2.05, 4.69) is 89.4 Å². The monoisotopic (exact) mass is 644 g/mol. The minimum Gasteiger partial charge on any atom is -0.493 e. The molecule has 2 aliphatic rings. The van der Waals surface area contributed by atoms with Crippen molar-refractivity contribution >= 4 is 40.2 Å². The lowest BCUT2D eigenvalue weighted by Gasteiger charge is -2.37. The molecule has 0 saturated heterocycles. The van der Waals surface area contributed by atoms with Gasteiger partial charge in [0, 0.05) is 17.8 Å². The smallest absolute Gasteiger partial charge is 0.174 e. The minimum atomic E-state index is -0.263. The average Bonchev–Trinajstić information content (AvgIpc) is 3.47. The molecule has 1 aliphatic heterocycles. The van der Waals surface area contributed by atoms with Crippen LogP contribution in [0.4, 0.5) is 15.8 Å². The number of hydrogen-bond acceptors (Lipinski definition) is 4. The Morgan fingerprint density at radius 1 is 1.02 bits per heavy atom. The summed E-state index contributed by atoms with van der Waals surface area (Å²) >= 11 is 2.24. The SMILES string of the molecule is COc1cc(C=Nc2ccc([C@@H]3Nc4ccc(C)cc4[C@@H]4C=CC[C@@H]43)cc2)cc(I)c1OCc1ccc(F)cc1. The summed E-state index contributed by atoms with van der Waals surface area (Å²) in [5.41, 5.74) is 7.92. The van der Waals surface area contributed by atoms with E-state index in [0.717, 1.165) is 26.8 Å². The number of nitrogens with one attached hydrogen (secondary N) is 1. The van der Waals surface area contributed by atoms with Crippen molar-refractivity contribution < 1.29 is 13.9 Å². The van der Waals surface area contributed by atoms with Gasteiger partial charge in [0.25, 0.3) is 0 Å². The van der Waals surface area contributed by atoms with Crippen molar-refractivity contribution in [2.45, 2.75) is 31.9 Å². The summed E-state index contributed by atoms with van der Waals surface area (Å²) in [5.74, 6) is 2.00. The summed E-state index contributed by atoms with van der Waals surface area (Å²) in [6.07, 6.45) is 7.64. The third-order valence-corrected chi connectivity index (χ3v) is 8.48. The maximum atomic E-state index is 13.2. The molecule has 4 nitrogen and oxygen atoms in total.